The lowest BCUT2D eigenvalue weighted by atomic mass is 10.1. The lowest BCUT2D eigenvalue weighted by molar-refractivity contribution is -0.117. The van der Waals surface area contributed by atoms with Gasteiger partial charge in [-0.15, -0.1) is 0 Å². The van der Waals surface area contributed by atoms with Crippen molar-refractivity contribution in [3.05, 3.63) is 35.7 Å². The summed E-state index contributed by atoms with van der Waals surface area (Å²) in [5, 5.41) is 6.15. The highest BCUT2D eigenvalue weighted by Crippen LogP contribution is 2.35. The Labute approximate surface area is 186 Å². The smallest absolute Gasteiger partial charge is 0.232 e. The van der Waals surface area contributed by atoms with Gasteiger partial charge >= 0.3 is 0 Å². The van der Waals surface area contributed by atoms with Crippen LogP contribution in [0.15, 0.2) is 24.3 Å². The second-order valence-corrected chi connectivity index (χ2v) is 9.99. The summed E-state index contributed by atoms with van der Waals surface area (Å²) in [5.41, 5.74) is 3.55. The number of hydrogen-bond acceptors (Lipinski definition) is 7. The van der Waals surface area contributed by atoms with Crippen LogP contribution >= 0.6 is 0 Å². The number of pyridine rings is 1. The third-order valence-corrected chi connectivity index (χ3v) is 6.44. The van der Waals surface area contributed by atoms with Gasteiger partial charge in [0, 0.05) is 26.1 Å². The summed E-state index contributed by atoms with van der Waals surface area (Å²) in [6, 6.07) is 7.11. The van der Waals surface area contributed by atoms with Crippen molar-refractivity contribution in [2.24, 2.45) is 5.92 Å². The standard InChI is InChI=1S/C21H26N6O4S/c1-12-22-19-16(10-18(25-20(19)23-12)26-21(28)14-6-7-14)24-15-8-5-13(11-31-3)9-17(15)27(2)32(4,29)30/h5,8-10,14H,6-7,11H2,1-4H3,(H3,22,23,24,25,26,28). The van der Waals surface area contributed by atoms with Crippen LogP contribution in [0.4, 0.5) is 22.9 Å². The number of aromatic amines is 1. The molecule has 3 aromatic rings. The van der Waals surface area contributed by atoms with E-state index in [1.54, 1.807) is 25.3 Å². The molecule has 3 N–H and O–H groups in total. The minimum Gasteiger partial charge on any atom is -0.380 e. The van der Waals surface area contributed by atoms with Crippen molar-refractivity contribution in [2.45, 2.75) is 26.4 Å². The number of anilines is 4. The number of nitrogens with zero attached hydrogens (tertiary/aromatic N) is 3. The van der Waals surface area contributed by atoms with Gasteiger partial charge in [-0.3, -0.25) is 9.10 Å². The van der Waals surface area contributed by atoms with Gasteiger partial charge in [0.05, 0.1) is 29.9 Å². The van der Waals surface area contributed by atoms with Crippen LogP contribution in [0.5, 0.6) is 0 Å². The van der Waals surface area contributed by atoms with Gasteiger partial charge in [0.25, 0.3) is 0 Å². The predicted molar refractivity (Wildman–Crippen MR) is 124 cm³/mol. The van der Waals surface area contributed by atoms with E-state index in [1.807, 2.05) is 13.0 Å². The molecule has 0 radical (unpaired) electrons. The van der Waals surface area contributed by atoms with Gasteiger partial charge in [-0.05, 0) is 37.5 Å². The quantitative estimate of drug-likeness (QED) is 0.473. The number of carbonyl (C=O) groups is 1. The largest absolute Gasteiger partial charge is 0.380 e. The molecule has 1 saturated carbocycles. The molecule has 0 saturated heterocycles. The first kappa shape index (κ1) is 22.0. The third kappa shape index (κ3) is 4.68. The Bertz CT molecular complexity index is 1280. The van der Waals surface area contributed by atoms with E-state index in [0.717, 1.165) is 24.7 Å². The number of amides is 1. The molecular formula is C21H26N6O4S. The normalized spacial score (nSPS) is 13.9. The monoisotopic (exact) mass is 458 g/mol. The number of imidazole rings is 1. The van der Waals surface area contributed by atoms with Gasteiger partial charge in [0.1, 0.15) is 17.2 Å². The number of ether oxygens (including phenoxy) is 1. The van der Waals surface area contributed by atoms with Crippen LogP contribution < -0.4 is 14.9 Å². The Morgan fingerprint density at radius 2 is 2.00 bits per heavy atom. The predicted octanol–water partition coefficient (Wildman–Crippen LogP) is 2.90. The highest BCUT2D eigenvalue weighted by molar-refractivity contribution is 7.92. The fraction of sp³-hybridized carbons (Fsp3) is 0.381. The van der Waals surface area contributed by atoms with Crippen molar-refractivity contribution < 1.29 is 17.9 Å². The van der Waals surface area contributed by atoms with Crippen molar-refractivity contribution in [2.75, 3.05) is 35.4 Å². The van der Waals surface area contributed by atoms with Crippen LogP contribution in [0.2, 0.25) is 0 Å². The summed E-state index contributed by atoms with van der Waals surface area (Å²) in [7, 11) is -0.431. The molecule has 1 aromatic carbocycles. The van der Waals surface area contributed by atoms with Crippen LogP contribution in [0, 0.1) is 12.8 Å². The molecule has 0 atom stereocenters. The number of carbonyl (C=O) groups excluding carboxylic acids is 1. The number of nitrogens with one attached hydrogen (secondary N) is 3. The van der Waals surface area contributed by atoms with Crippen molar-refractivity contribution in [3.8, 4) is 0 Å². The van der Waals surface area contributed by atoms with Gasteiger partial charge in [-0.25, -0.2) is 18.4 Å². The van der Waals surface area contributed by atoms with Crippen LogP contribution in [-0.4, -0.2) is 49.7 Å². The van der Waals surface area contributed by atoms with E-state index >= 15 is 0 Å². The molecule has 1 aliphatic carbocycles. The summed E-state index contributed by atoms with van der Waals surface area (Å²) >= 11 is 0. The summed E-state index contributed by atoms with van der Waals surface area (Å²) in [5.74, 6) is 1.05. The number of benzene rings is 1. The fourth-order valence-electron chi connectivity index (χ4n) is 3.36. The SMILES string of the molecule is COCc1ccc(Nc2cc(NC(=O)C3CC3)nc3[nH]c(C)nc23)c(N(C)S(C)(=O)=O)c1. The van der Waals surface area contributed by atoms with Gasteiger partial charge in [0.15, 0.2) is 5.65 Å². The van der Waals surface area contributed by atoms with E-state index in [2.05, 4.69) is 25.6 Å². The first-order valence-electron chi connectivity index (χ1n) is 10.2. The van der Waals surface area contributed by atoms with Gasteiger partial charge in [-0.1, -0.05) is 6.07 Å². The van der Waals surface area contributed by atoms with Crippen molar-refractivity contribution in [1.29, 1.82) is 0 Å². The van der Waals surface area contributed by atoms with Crippen LogP contribution in [0.25, 0.3) is 11.2 Å². The number of methoxy groups -OCH3 is 1. The highest BCUT2D eigenvalue weighted by atomic mass is 32.2. The first-order chi connectivity index (χ1) is 15.2. The summed E-state index contributed by atoms with van der Waals surface area (Å²) < 4.78 is 30.9. The number of hydrogen-bond donors (Lipinski definition) is 3. The summed E-state index contributed by atoms with van der Waals surface area (Å²) in [4.78, 5) is 24.3. The van der Waals surface area contributed by atoms with Gasteiger partial charge in [0.2, 0.25) is 15.9 Å². The highest BCUT2D eigenvalue weighted by Gasteiger charge is 2.30. The zero-order valence-corrected chi connectivity index (χ0v) is 19.2. The molecule has 32 heavy (non-hydrogen) atoms. The molecule has 0 spiro atoms. The topological polar surface area (TPSA) is 129 Å². The van der Waals surface area contributed by atoms with Crippen molar-refractivity contribution in [1.82, 2.24) is 15.0 Å². The fourth-order valence-corrected chi connectivity index (χ4v) is 3.87. The van der Waals surface area contributed by atoms with Crippen molar-refractivity contribution in [3.63, 3.8) is 0 Å². The number of aromatic nitrogens is 3. The van der Waals surface area contributed by atoms with E-state index in [1.165, 1.54) is 11.4 Å². The maximum atomic E-state index is 12.3. The number of H-pyrrole nitrogens is 1. The molecule has 0 aliphatic heterocycles. The average molecular weight is 459 g/mol. The van der Waals surface area contributed by atoms with E-state index in [0.29, 0.717) is 46.5 Å². The number of aryl methyl sites for hydroxylation is 1. The Morgan fingerprint density at radius 3 is 2.66 bits per heavy atom. The molecular weight excluding hydrogens is 432 g/mol. The van der Waals surface area contributed by atoms with E-state index < -0.39 is 10.0 Å². The van der Waals surface area contributed by atoms with Crippen molar-refractivity contribution >= 4 is 50.0 Å². The molecule has 2 aromatic heterocycles. The minimum atomic E-state index is -3.51. The van der Waals surface area contributed by atoms with E-state index in [-0.39, 0.29) is 11.8 Å². The molecule has 1 fully saturated rings. The average Bonchev–Trinajstić information content (AvgIpc) is 3.50. The first-order valence-corrected chi connectivity index (χ1v) is 12.0. The zero-order chi connectivity index (χ0) is 23.0. The number of fused-ring (bicyclic) bond motifs is 1. The number of sulfonamides is 1. The van der Waals surface area contributed by atoms with Crippen LogP contribution in [0.3, 0.4) is 0 Å². The molecule has 0 bridgehead atoms. The molecule has 170 valence electrons. The lowest BCUT2D eigenvalue weighted by Gasteiger charge is -2.22. The summed E-state index contributed by atoms with van der Waals surface area (Å²) in [6.45, 7) is 2.16. The molecule has 10 nitrogen and oxygen atoms in total. The van der Waals surface area contributed by atoms with Crippen LogP contribution in [-0.2, 0) is 26.2 Å². The summed E-state index contributed by atoms with van der Waals surface area (Å²) in [6.07, 6.45) is 2.92. The Balaban J connectivity index is 1.77. The zero-order valence-electron chi connectivity index (χ0n) is 18.4. The Morgan fingerprint density at radius 1 is 1.25 bits per heavy atom. The minimum absolute atomic E-state index is 0.0377. The molecule has 2 heterocycles. The Hall–Kier alpha value is -3.18. The molecule has 1 aliphatic rings. The molecule has 0 unspecified atom stereocenters. The maximum absolute atomic E-state index is 12.3. The second-order valence-electron chi connectivity index (χ2n) is 7.98. The molecule has 4 rings (SSSR count). The third-order valence-electron chi connectivity index (χ3n) is 5.25. The number of rotatable bonds is 8. The lowest BCUT2D eigenvalue weighted by Crippen LogP contribution is -2.25. The molecule has 1 amide bonds. The second kappa shape index (κ2) is 8.40. The van der Waals surface area contributed by atoms with E-state index in [9.17, 15) is 13.2 Å². The molecule has 11 heteroatoms. The van der Waals surface area contributed by atoms with Crippen LogP contribution in [0.1, 0.15) is 24.2 Å². The van der Waals surface area contributed by atoms with Gasteiger partial charge in [-0.2, -0.15) is 0 Å². The maximum Gasteiger partial charge on any atom is 0.232 e. The van der Waals surface area contributed by atoms with E-state index in [4.69, 9.17) is 4.74 Å². The Kier molecular flexibility index (Phi) is 5.78. The van der Waals surface area contributed by atoms with Gasteiger partial charge < -0.3 is 20.4 Å².